The van der Waals surface area contributed by atoms with Crippen LogP contribution in [0.15, 0.2) is 16.6 Å². The second-order valence-corrected chi connectivity index (χ2v) is 4.51. The number of ketones is 1. The lowest BCUT2D eigenvalue weighted by molar-refractivity contribution is 0.101. The molecule has 0 amide bonds. The number of benzene rings is 1. The molecule has 0 bridgehead atoms. The predicted molar refractivity (Wildman–Crippen MR) is 63.4 cm³/mol. The molecule has 0 fully saturated rings. The minimum absolute atomic E-state index is 0.00208. The van der Waals surface area contributed by atoms with E-state index in [-0.39, 0.29) is 5.78 Å². The summed E-state index contributed by atoms with van der Waals surface area (Å²) in [5.41, 5.74) is 0.606. The van der Waals surface area contributed by atoms with Crippen LogP contribution in [-0.2, 0) is 0 Å². The standard InChI is InChI=1S/C9H8BrIO2/c1-5(12)8-6(10)3-4-7(11)9(8)13-2/h3-4H,1-2H3. The Morgan fingerprint density at radius 1 is 1.54 bits per heavy atom. The van der Waals surface area contributed by atoms with Crippen molar-refractivity contribution in [2.24, 2.45) is 0 Å². The van der Waals surface area contributed by atoms with Crippen LogP contribution in [-0.4, -0.2) is 12.9 Å². The molecule has 13 heavy (non-hydrogen) atoms. The molecule has 0 heterocycles. The fraction of sp³-hybridized carbons (Fsp3) is 0.222. The van der Waals surface area contributed by atoms with Gasteiger partial charge in [0.2, 0.25) is 0 Å². The maximum absolute atomic E-state index is 11.3. The van der Waals surface area contributed by atoms with Crippen LogP contribution in [0.1, 0.15) is 17.3 Å². The van der Waals surface area contributed by atoms with Gasteiger partial charge >= 0.3 is 0 Å². The van der Waals surface area contributed by atoms with E-state index in [0.717, 1.165) is 8.04 Å². The Hall–Kier alpha value is -0.100. The number of methoxy groups -OCH3 is 1. The monoisotopic (exact) mass is 354 g/mol. The summed E-state index contributed by atoms with van der Waals surface area (Å²) >= 11 is 5.46. The number of Topliss-reactive ketones (excluding diaryl/α,β-unsaturated/α-hetero) is 1. The minimum Gasteiger partial charge on any atom is -0.495 e. The average molecular weight is 355 g/mol. The van der Waals surface area contributed by atoms with Crippen molar-refractivity contribution < 1.29 is 9.53 Å². The summed E-state index contributed by atoms with van der Waals surface area (Å²) in [5.74, 6) is 0.643. The van der Waals surface area contributed by atoms with E-state index in [9.17, 15) is 4.79 Å². The van der Waals surface area contributed by atoms with Crippen LogP contribution in [0.2, 0.25) is 0 Å². The van der Waals surface area contributed by atoms with Crippen molar-refractivity contribution in [1.82, 2.24) is 0 Å². The topological polar surface area (TPSA) is 26.3 Å². The van der Waals surface area contributed by atoms with E-state index in [2.05, 4.69) is 38.5 Å². The highest BCUT2D eigenvalue weighted by Crippen LogP contribution is 2.31. The molecule has 4 heteroatoms. The fourth-order valence-corrected chi connectivity index (χ4v) is 2.32. The zero-order valence-electron chi connectivity index (χ0n) is 7.23. The third-order valence-corrected chi connectivity index (χ3v) is 3.13. The number of hydrogen-bond donors (Lipinski definition) is 0. The first-order valence-electron chi connectivity index (χ1n) is 3.61. The van der Waals surface area contributed by atoms with Gasteiger partial charge in [0, 0.05) is 4.47 Å². The van der Waals surface area contributed by atoms with Gasteiger partial charge in [-0.1, -0.05) is 0 Å². The molecular formula is C9H8BrIO2. The van der Waals surface area contributed by atoms with Crippen LogP contribution >= 0.6 is 38.5 Å². The number of rotatable bonds is 2. The smallest absolute Gasteiger partial charge is 0.164 e. The maximum atomic E-state index is 11.3. The zero-order valence-corrected chi connectivity index (χ0v) is 11.0. The number of ether oxygens (including phenoxy) is 1. The Labute approximate surface area is 98.9 Å². The Balaban J connectivity index is 3.43. The van der Waals surface area contributed by atoms with Gasteiger partial charge in [-0.05, 0) is 57.6 Å². The van der Waals surface area contributed by atoms with Gasteiger partial charge in [-0.3, -0.25) is 4.79 Å². The molecule has 0 spiro atoms. The third kappa shape index (κ3) is 2.22. The van der Waals surface area contributed by atoms with Crippen LogP contribution in [0, 0.1) is 3.57 Å². The molecule has 0 saturated carbocycles. The lowest BCUT2D eigenvalue weighted by Gasteiger charge is -2.09. The van der Waals surface area contributed by atoms with Gasteiger partial charge in [-0.15, -0.1) is 0 Å². The molecule has 1 aromatic carbocycles. The first-order chi connectivity index (χ1) is 6.07. The lowest BCUT2D eigenvalue weighted by Crippen LogP contribution is -2.00. The highest BCUT2D eigenvalue weighted by molar-refractivity contribution is 14.1. The van der Waals surface area contributed by atoms with Crippen molar-refractivity contribution >= 4 is 44.3 Å². The molecule has 0 aromatic heterocycles. The van der Waals surface area contributed by atoms with Crippen molar-refractivity contribution in [3.63, 3.8) is 0 Å². The Morgan fingerprint density at radius 2 is 2.15 bits per heavy atom. The summed E-state index contributed by atoms with van der Waals surface area (Å²) < 4.78 is 6.87. The van der Waals surface area contributed by atoms with E-state index in [1.807, 2.05) is 12.1 Å². The molecule has 0 atom stereocenters. The molecule has 0 unspecified atom stereocenters. The van der Waals surface area contributed by atoms with Crippen LogP contribution < -0.4 is 4.74 Å². The summed E-state index contributed by atoms with van der Waals surface area (Å²) in [4.78, 5) is 11.3. The van der Waals surface area contributed by atoms with Crippen molar-refractivity contribution in [2.75, 3.05) is 7.11 Å². The fourth-order valence-electron chi connectivity index (χ4n) is 1.06. The Kier molecular flexibility index (Phi) is 3.73. The number of carbonyl (C=O) groups excluding carboxylic acids is 1. The predicted octanol–water partition coefficient (Wildman–Crippen LogP) is 3.26. The molecule has 0 aliphatic rings. The number of carbonyl (C=O) groups is 1. The first-order valence-corrected chi connectivity index (χ1v) is 5.48. The van der Waals surface area contributed by atoms with Crippen molar-refractivity contribution in [3.05, 3.63) is 25.7 Å². The van der Waals surface area contributed by atoms with E-state index >= 15 is 0 Å². The molecule has 2 nitrogen and oxygen atoms in total. The van der Waals surface area contributed by atoms with Gasteiger partial charge in [0.25, 0.3) is 0 Å². The van der Waals surface area contributed by atoms with Crippen LogP contribution in [0.3, 0.4) is 0 Å². The average Bonchev–Trinajstić information content (AvgIpc) is 2.07. The third-order valence-electron chi connectivity index (χ3n) is 1.61. The minimum atomic E-state index is 0.00208. The van der Waals surface area contributed by atoms with Crippen LogP contribution in [0.25, 0.3) is 0 Å². The summed E-state index contributed by atoms with van der Waals surface area (Å²) in [6, 6.07) is 3.75. The number of hydrogen-bond acceptors (Lipinski definition) is 2. The first kappa shape index (κ1) is 11.0. The normalized spacial score (nSPS) is 9.85. The summed E-state index contributed by atoms with van der Waals surface area (Å²) in [6.45, 7) is 1.53. The van der Waals surface area contributed by atoms with Crippen molar-refractivity contribution in [3.8, 4) is 5.75 Å². The summed E-state index contributed by atoms with van der Waals surface area (Å²) in [7, 11) is 1.57. The van der Waals surface area contributed by atoms with Crippen LogP contribution in [0.5, 0.6) is 5.75 Å². The SMILES string of the molecule is COc1c(I)ccc(Br)c1C(C)=O. The number of halogens is 2. The van der Waals surface area contributed by atoms with Gasteiger partial charge in [-0.2, -0.15) is 0 Å². The molecule has 0 aliphatic heterocycles. The maximum Gasteiger partial charge on any atom is 0.164 e. The summed E-state index contributed by atoms with van der Waals surface area (Å²) in [5, 5.41) is 0. The largest absolute Gasteiger partial charge is 0.495 e. The Bertz CT molecular complexity index is 350. The molecule has 1 rings (SSSR count). The molecule has 0 radical (unpaired) electrons. The second-order valence-electron chi connectivity index (χ2n) is 2.49. The second kappa shape index (κ2) is 4.41. The molecule has 0 N–H and O–H groups in total. The van der Waals surface area contributed by atoms with Gasteiger partial charge in [0.05, 0.1) is 16.2 Å². The Morgan fingerprint density at radius 3 is 2.54 bits per heavy atom. The van der Waals surface area contributed by atoms with E-state index in [1.165, 1.54) is 6.92 Å². The van der Waals surface area contributed by atoms with Crippen molar-refractivity contribution in [2.45, 2.75) is 6.92 Å². The van der Waals surface area contributed by atoms with E-state index in [0.29, 0.717) is 11.3 Å². The van der Waals surface area contributed by atoms with Gasteiger partial charge in [0.1, 0.15) is 5.75 Å². The highest BCUT2D eigenvalue weighted by Gasteiger charge is 2.14. The van der Waals surface area contributed by atoms with Gasteiger partial charge in [0.15, 0.2) is 5.78 Å². The van der Waals surface area contributed by atoms with Crippen LogP contribution in [0.4, 0.5) is 0 Å². The quantitative estimate of drug-likeness (QED) is 0.602. The van der Waals surface area contributed by atoms with E-state index in [4.69, 9.17) is 4.74 Å². The summed E-state index contributed by atoms with van der Waals surface area (Å²) in [6.07, 6.45) is 0. The van der Waals surface area contributed by atoms with Crippen molar-refractivity contribution in [1.29, 1.82) is 0 Å². The van der Waals surface area contributed by atoms with E-state index < -0.39 is 0 Å². The molecule has 1 aromatic rings. The molecule has 0 aliphatic carbocycles. The van der Waals surface area contributed by atoms with Gasteiger partial charge < -0.3 is 4.74 Å². The molecule has 70 valence electrons. The van der Waals surface area contributed by atoms with Gasteiger partial charge in [-0.25, -0.2) is 0 Å². The highest BCUT2D eigenvalue weighted by atomic mass is 127. The molecular weight excluding hydrogens is 347 g/mol. The molecule has 0 saturated heterocycles. The lowest BCUT2D eigenvalue weighted by atomic mass is 10.1. The zero-order chi connectivity index (χ0) is 10.0. The van der Waals surface area contributed by atoms with E-state index in [1.54, 1.807) is 7.11 Å².